The lowest BCUT2D eigenvalue weighted by molar-refractivity contribution is -0.147. The van der Waals surface area contributed by atoms with Gasteiger partial charge in [0.1, 0.15) is 5.75 Å². The fourth-order valence-electron chi connectivity index (χ4n) is 2.92. The third kappa shape index (κ3) is 6.82. The summed E-state index contributed by atoms with van der Waals surface area (Å²) in [6.07, 6.45) is 4.00. The van der Waals surface area contributed by atoms with Crippen molar-refractivity contribution in [1.82, 2.24) is 9.88 Å². The average molecular weight is 445 g/mol. The number of aryl methyl sites for hydroxylation is 1. The van der Waals surface area contributed by atoms with Gasteiger partial charge in [-0.1, -0.05) is 44.3 Å². The zero-order chi connectivity index (χ0) is 21.5. The van der Waals surface area contributed by atoms with Crippen molar-refractivity contribution in [2.75, 3.05) is 13.3 Å². The van der Waals surface area contributed by atoms with Crippen molar-refractivity contribution in [3.8, 4) is 5.75 Å². The number of nitrogens with zero attached hydrogens (tertiary/aromatic N) is 2. The molecule has 1 fully saturated rings. The Hall–Kier alpha value is -2.87. The maximum absolute atomic E-state index is 12.4. The lowest BCUT2D eigenvalue weighted by Crippen LogP contribution is -2.34. The number of hydrogen-bond acceptors (Lipinski definition) is 7. The van der Waals surface area contributed by atoms with Crippen molar-refractivity contribution in [3.63, 3.8) is 0 Å². The van der Waals surface area contributed by atoms with E-state index in [1.54, 1.807) is 0 Å². The number of pyridine rings is 1. The minimum Gasteiger partial charge on any atom is -0.493 e. The predicted molar refractivity (Wildman–Crippen MR) is 120 cm³/mol. The smallest absolute Gasteiger partial charge is 0.304 e. The number of aromatic nitrogens is 1. The Kier molecular flexibility index (Phi) is 9.05. The highest BCUT2D eigenvalue weighted by molar-refractivity contribution is 8.15. The fourth-order valence-corrected chi connectivity index (χ4v) is 3.94. The predicted octanol–water partition coefficient (Wildman–Crippen LogP) is 4.03. The second-order valence-electron chi connectivity index (χ2n) is 6.86. The Labute approximate surface area is 187 Å². The highest BCUT2D eigenvalue weighted by atomic mass is 32.2. The molecule has 0 aliphatic carbocycles. The molecule has 1 saturated heterocycles. The molecule has 1 unspecified atom stereocenters. The molecule has 1 aromatic carbocycles. The van der Waals surface area contributed by atoms with Crippen molar-refractivity contribution < 1.29 is 23.9 Å². The molecule has 0 spiro atoms. The Morgan fingerprint density at radius 1 is 1.13 bits per heavy atom. The summed E-state index contributed by atoms with van der Waals surface area (Å²) in [5.41, 5.74) is 3.13. The summed E-state index contributed by atoms with van der Waals surface area (Å²) in [7, 11) is 0. The van der Waals surface area contributed by atoms with E-state index >= 15 is 0 Å². The van der Waals surface area contributed by atoms with Gasteiger partial charge >= 0.3 is 5.97 Å². The fraction of sp³-hybridized carbons (Fsp3) is 0.391. The average Bonchev–Trinajstić information content (AvgIpc) is 3.00. The van der Waals surface area contributed by atoms with Gasteiger partial charge in [0, 0.05) is 25.2 Å². The highest BCUT2D eigenvalue weighted by Crippen LogP contribution is 2.30. The topological polar surface area (TPSA) is 85.8 Å². The number of ether oxygens (including phenoxy) is 2. The van der Waals surface area contributed by atoms with E-state index in [1.165, 1.54) is 12.5 Å². The number of imide groups is 1. The Balaban J connectivity index is 0.00000341. The first-order chi connectivity index (χ1) is 14.5. The summed E-state index contributed by atoms with van der Waals surface area (Å²) >= 11 is 0.954. The summed E-state index contributed by atoms with van der Waals surface area (Å²) in [5.74, 6) is -0.136. The van der Waals surface area contributed by atoms with Gasteiger partial charge in [-0.05, 0) is 42.2 Å². The minimum absolute atomic E-state index is 0. The molecule has 8 heteroatoms. The Morgan fingerprint density at radius 2 is 1.84 bits per heavy atom. The van der Waals surface area contributed by atoms with Crippen molar-refractivity contribution in [2.24, 2.45) is 0 Å². The summed E-state index contributed by atoms with van der Waals surface area (Å²) in [6, 6.07) is 11.6. The number of amides is 2. The van der Waals surface area contributed by atoms with Crippen LogP contribution in [-0.4, -0.2) is 45.6 Å². The number of esters is 1. The molecule has 3 rings (SSSR count). The van der Waals surface area contributed by atoms with Gasteiger partial charge in [-0.15, -0.1) is 0 Å². The molecule has 0 N–H and O–H groups in total. The molecule has 31 heavy (non-hydrogen) atoms. The molecule has 166 valence electrons. The van der Waals surface area contributed by atoms with Crippen LogP contribution >= 0.6 is 11.8 Å². The van der Waals surface area contributed by atoms with Gasteiger partial charge in [-0.25, -0.2) is 4.90 Å². The number of thioether (sulfide) groups is 1. The summed E-state index contributed by atoms with van der Waals surface area (Å²) < 4.78 is 10.6. The molecule has 7 nitrogen and oxygen atoms in total. The Bertz CT molecular complexity index is 899. The van der Waals surface area contributed by atoms with Gasteiger partial charge in [0.15, 0.2) is 6.73 Å². The molecule has 0 saturated carbocycles. The van der Waals surface area contributed by atoms with Gasteiger partial charge in [0.25, 0.3) is 5.24 Å². The van der Waals surface area contributed by atoms with E-state index in [9.17, 15) is 14.4 Å². The number of rotatable bonds is 9. The molecular formula is C23H28N2O5S. The summed E-state index contributed by atoms with van der Waals surface area (Å²) in [4.78, 5) is 40.6. The standard InChI is InChI=1S/C22H24N2O5S.CH4/c1-3-16-4-7-18(23-13-16)10-11-28-19-8-5-17(6-9-19)12-20-21(26)24(22(27)30-20)14-29-15(2)25;/h4-9,13,20H,3,10-12,14H2,1-2H3;1H4. The molecule has 2 heterocycles. The molecule has 1 atom stereocenters. The van der Waals surface area contributed by atoms with E-state index in [1.807, 2.05) is 36.5 Å². The van der Waals surface area contributed by atoms with Gasteiger partial charge < -0.3 is 9.47 Å². The molecular weight excluding hydrogens is 416 g/mol. The van der Waals surface area contributed by atoms with Crippen LogP contribution in [-0.2, 0) is 33.6 Å². The first-order valence-electron chi connectivity index (χ1n) is 9.77. The van der Waals surface area contributed by atoms with Crippen molar-refractivity contribution in [1.29, 1.82) is 0 Å². The van der Waals surface area contributed by atoms with E-state index in [2.05, 4.69) is 18.0 Å². The number of carbonyl (C=O) groups is 3. The van der Waals surface area contributed by atoms with E-state index in [0.717, 1.165) is 46.5 Å². The van der Waals surface area contributed by atoms with E-state index < -0.39 is 16.5 Å². The summed E-state index contributed by atoms with van der Waals surface area (Å²) in [6.45, 7) is 3.52. The van der Waals surface area contributed by atoms with Crippen molar-refractivity contribution in [2.45, 2.75) is 45.8 Å². The van der Waals surface area contributed by atoms with Crippen LogP contribution in [0.15, 0.2) is 42.6 Å². The molecule has 0 radical (unpaired) electrons. The molecule has 0 bridgehead atoms. The molecule has 1 aromatic heterocycles. The maximum atomic E-state index is 12.4. The molecule has 2 amide bonds. The molecule has 2 aromatic rings. The SMILES string of the molecule is C.CCc1ccc(CCOc2ccc(CC3SC(=O)N(COC(C)=O)C3=O)cc2)nc1. The van der Waals surface area contributed by atoms with Gasteiger partial charge in [0.05, 0.1) is 11.9 Å². The first-order valence-corrected chi connectivity index (χ1v) is 10.6. The zero-order valence-corrected chi connectivity index (χ0v) is 17.8. The number of carbonyl (C=O) groups excluding carboxylic acids is 3. The summed E-state index contributed by atoms with van der Waals surface area (Å²) in [5, 5.41) is -0.913. The minimum atomic E-state index is -0.534. The lowest BCUT2D eigenvalue weighted by Gasteiger charge is -2.13. The van der Waals surface area contributed by atoms with Crippen LogP contribution in [0.3, 0.4) is 0 Å². The van der Waals surface area contributed by atoms with Crippen LogP contribution in [0.4, 0.5) is 4.79 Å². The lowest BCUT2D eigenvalue weighted by atomic mass is 10.1. The third-order valence-electron chi connectivity index (χ3n) is 4.67. The molecule has 1 aliphatic heterocycles. The molecule has 1 aliphatic rings. The van der Waals surface area contributed by atoms with Crippen LogP contribution in [0.2, 0.25) is 0 Å². The van der Waals surface area contributed by atoms with Crippen LogP contribution in [0, 0.1) is 0 Å². The second kappa shape index (κ2) is 11.5. The van der Waals surface area contributed by atoms with Crippen molar-refractivity contribution >= 4 is 28.9 Å². The number of benzene rings is 1. The van der Waals surface area contributed by atoms with Gasteiger partial charge in [-0.3, -0.25) is 19.4 Å². The van der Waals surface area contributed by atoms with Crippen LogP contribution in [0.1, 0.15) is 38.1 Å². The second-order valence-corrected chi connectivity index (χ2v) is 8.02. The highest BCUT2D eigenvalue weighted by Gasteiger charge is 2.39. The van der Waals surface area contributed by atoms with Crippen LogP contribution in [0.5, 0.6) is 5.75 Å². The van der Waals surface area contributed by atoms with Crippen LogP contribution < -0.4 is 4.74 Å². The van der Waals surface area contributed by atoms with Crippen molar-refractivity contribution in [3.05, 3.63) is 59.4 Å². The first kappa shape index (κ1) is 24.4. The van der Waals surface area contributed by atoms with Crippen LogP contribution in [0.25, 0.3) is 0 Å². The van der Waals surface area contributed by atoms with Gasteiger partial charge in [-0.2, -0.15) is 0 Å². The van der Waals surface area contributed by atoms with E-state index in [0.29, 0.717) is 13.0 Å². The normalized spacial score (nSPS) is 15.5. The largest absolute Gasteiger partial charge is 0.493 e. The quantitative estimate of drug-likeness (QED) is 0.540. The van der Waals surface area contributed by atoms with Gasteiger partial charge in [0.2, 0.25) is 5.91 Å². The van der Waals surface area contributed by atoms with E-state index in [4.69, 9.17) is 9.47 Å². The van der Waals surface area contributed by atoms with E-state index in [-0.39, 0.29) is 20.1 Å². The Morgan fingerprint density at radius 3 is 2.45 bits per heavy atom. The monoisotopic (exact) mass is 444 g/mol. The zero-order valence-electron chi connectivity index (χ0n) is 17.0. The third-order valence-corrected chi connectivity index (χ3v) is 5.74. The number of hydrogen-bond donors (Lipinski definition) is 0. The maximum Gasteiger partial charge on any atom is 0.304 e.